The van der Waals surface area contributed by atoms with Gasteiger partial charge in [0.1, 0.15) is 11.4 Å². The second-order valence-electron chi connectivity index (χ2n) is 7.47. The van der Waals surface area contributed by atoms with Gasteiger partial charge in [0.15, 0.2) is 6.61 Å². The minimum atomic E-state index is -4.54. The molecule has 182 valence electrons. The predicted octanol–water partition coefficient (Wildman–Crippen LogP) is 2.64. The number of rotatable bonds is 7. The van der Waals surface area contributed by atoms with Crippen LogP contribution in [-0.4, -0.2) is 27.5 Å². The van der Waals surface area contributed by atoms with Crippen LogP contribution in [0.15, 0.2) is 70.3 Å². The van der Waals surface area contributed by atoms with E-state index in [1.807, 2.05) is 0 Å². The summed E-state index contributed by atoms with van der Waals surface area (Å²) in [5.74, 6) is -2.34. The van der Waals surface area contributed by atoms with E-state index in [-0.39, 0.29) is 17.9 Å². The van der Waals surface area contributed by atoms with Crippen LogP contribution in [0.1, 0.15) is 27.0 Å². The first kappa shape index (κ1) is 25.2. The lowest BCUT2D eigenvalue weighted by Gasteiger charge is -2.14. The van der Waals surface area contributed by atoms with Gasteiger partial charge in [-0.25, -0.2) is 9.59 Å². The molecule has 0 radical (unpaired) electrons. The van der Waals surface area contributed by atoms with Gasteiger partial charge in [-0.2, -0.15) is 13.2 Å². The van der Waals surface area contributed by atoms with E-state index in [1.165, 1.54) is 19.2 Å². The van der Waals surface area contributed by atoms with Gasteiger partial charge in [0.25, 0.3) is 5.56 Å². The van der Waals surface area contributed by atoms with Crippen molar-refractivity contribution in [1.29, 1.82) is 0 Å². The van der Waals surface area contributed by atoms with E-state index < -0.39 is 46.9 Å². The third-order valence-corrected chi connectivity index (χ3v) is 5.02. The summed E-state index contributed by atoms with van der Waals surface area (Å²) in [7, 11) is 1.19. The standard InChI is InChI=1S/C24H20F3N3O5/c1-29-22(33)20(21(28)30(23(29)34)13-16-6-3-2-4-7-16)18(31)14-35-19(32)11-10-15-8-5-9-17(12-15)24(25,26)27/h2-12H,13-14,28H2,1H3. The number of ketones is 1. The van der Waals surface area contributed by atoms with Crippen LogP contribution in [0.4, 0.5) is 19.0 Å². The predicted molar refractivity (Wildman–Crippen MR) is 122 cm³/mol. The molecule has 0 saturated carbocycles. The van der Waals surface area contributed by atoms with Crippen LogP contribution in [0, 0.1) is 0 Å². The Hall–Kier alpha value is -4.41. The Morgan fingerprint density at radius 3 is 2.40 bits per heavy atom. The zero-order chi connectivity index (χ0) is 25.8. The molecule has 0 aliphatic carbocycles. The molecule has 0 aliphatic rings. The molecule has 1 heterocycles. The van der Waals surface area contributed by atoms with Gasteiger partial charge in [-0.05, 0) is 29.3 Å². The first-order valence-corrected chi connectivity index (χ1v) is 10.2. The maximum Gasteiger partial charge on any atom is 0.416 e. The fourth-order valence-electron chi connectivity index (χ4n) is 3.20. The van der Waals surface area contributed by atoms with Gasteiger partial charge in [0.05, 0.1) is 12.1 Å². The summed E-state index contributed by atoms with van der Waals surface area (Å²) in [4.78, 5) is 49.7. The molecule has 0 atom stereocenters. The molecular formula is C24H20F3N3O5. The fourth-order valence-corrected chi connectivity index (χ4v) is 3.20. The highest BCUT2D eigenvalue weighted by atomic mass is 19.4. The summed E-state index contributed by atoms with van der Waals surface area (Å²) in [5, 5.41) is 0. The number of carbonyl (C=O) groups excluding carboxylic acids is 2. The van der Waals surface area contributed by atoms with Crippen molar-refractivity contribution in [1.82, 2.24) is 9.13 Å². The first-order chi connectivity index (χ1) is 16.5. The van der Waals surface area contributed by atoms with E-state index in [0.717, 1.165) is 33.4 Å². The average Bonchev–Trinajstić information content (AvgIpc) is 2.83. The number of esters is 1. The summed E-state index contributed by atoms with van der Waals surface area (Å²) >= 11 is 0. The van der Waals surface area contributed by atoms with Gasteiger partial charge < -0.3 is 10.5 Å². The number of benzene rings is 2. The van der Waals surface area contributed by atoms with Gasteiger partial charge in [-0.15, -0.1) is 0 Å². The molecule has 8 nitrogen and oxygen atoms in total. The lowest BCUT2D eigenvalue weighted by atomic mass is 10.1. The van der Waals surface area contributed by atoms with Crippen LogP contribution < -0.4 is 17.0 Å². The number of anilines is 1. The summed E-state index contributed by atoms with van der Waals surface area (Å²) in [6, 6.07) is 13.0. The number of ether oxygens (including phenoxy) is 1. The summed E-state index contributed by atoms with van der Waals surface area (Å²) < 4.78 is 45.0. The lowest BCUT2D eigenvalue weighted by molar-refractivity contribution is -0.138. The monoisotopic (exact) mass is 487 g/mol. The number of hydrogen-bond donors (Lipinski definition) is 1. The number of aromatic nitrogens is 2. The minimum absolute atomic E-state index is 0.000574. The van der Waals surface area contributed by atoms with Crippen molar-refractivity contribution >= 4 is 23.6 Å². The molecule has 0 bridgehead atoms. The Morgan fingerprint density at radius 2 is 1.74 bits per heavy atom. The van der Waals surface area contributed by atoms with E-state index >= 15 is 0 Å². The van der Waals surface area contributed by atoms with Crippen molar-refractivity contribution in [2.75, 3.05) is 12.3 Å². The molecule has 0 aliphatic heterocycles. The van der Waals surface area contributed by atoms with Gasteiger partial charge >= 0.3 is 17.8 Å². The van der Waals surface area contributed by atoms with Crippen LogP contribution in [0.3, 0.4) is 0 Å². The maximum absolute atomic E-state index is 12.8. The van der Waals surface area contributed by atoms with Crippen LogP contribution >= 0.6 is 0 Å². The summed E-state index contributed by atoms with van der Waals surface area (Å²) in [6.45, 7) is -0.867. The Labute approximate surface area is 196 Å². The number of nitrogens with zero attached hydrogens (tertiary/aromatic N) is 2. The Kier molecular flexibility index (Phi) is 7.38. The average molecular weight is 487 g/mol. The number of nitrogens with two attached hydrogens (primary N) is 1. The second kappa shape index (κ2) is 10.2. The number of alkyl halides is 3. The van der Waals surface area contributed by atoms with Crippen molar-refractivity contribution in [2.24, 2.45) is 7.05 Å². The van der Waals surface area contributed by atoms with Crippen LogP contribution in [0.5, 0.6) is 0 Å². The zero-order valence-electron chi connectivity index (χ0n) is 18.4. The molecule has 3 aromatic rings. The number of nitrogen functional groups attached to an aromatic ring is 1. The van der Waals surface area contributed by atoms with Crippen LogP contribution in [0.25, 0.3) is 6.08 Å². The molecule has 3 rings (SSSR count). The zero-order valence-corrected chi connectivity index (χ0v) is 18.4. The lowest BCUT2D eigenvalue weighted by Crippen LogP contribution is -2.43. The Morgan fingerprint density at radius 1 is 1.06 bits per heavy atom. The normalized spacial score (nSPS) is 11.5. The van der Waals surface area contributed by atoms with Gasteiger partial charge in [0.2, 0.25) is 5.78 Å². The number of carbonyl (C=O) groups is 2. The van der Waals surface area contributed by atoms with E-state index in [1.54, 1.807) is 30.3 Å². The van der Waals surface area contributed by atoms with Crippen molar-refractivity contribution < 1.29 is 27.5 Å². The molecule has 2 N–H and O–H groups in total. The Bertz CT molecular complexity index is 1410. The highest BCUT2D eigenvalue weighted by Crippen LogP contribution is 2.29. The van der Waals surface area contributed by atoms with E-state index in [9.17, 15) is 32.3 Å². The largest absolute Gasteiger partial charge is 0.454 e. The molecule has 35 heavy (non-hydrogen) atoms. The van der Waals surface area contributed by atoms with Crippen LogP contribution in [-0.2, 0) is 29.3 Å². The second-order valence-corrected chi connectivity index (χ2v) is 7.47. The quantitative estimate of drug-likeness (QED) is 0.312. The van der Waals surface area contributed by atoms with Gasteiger partial charge in [-0.3, -0.25) is 18.7 Å². The Balaban J connectivity index is 1.76. The fraction of sp³-hybridized carbons (Fsp3) is 0.167. The number of hydrogen-bond acceptors (Lipinski definition) is 6. The minimum Gasteiger partial charge on any atom is -0.454 e. The first-order valence-electron chi connectivity index (χ1n) is 10.2. The molecule has 11 heteroatoms. The van der Waals surface area contributed by atoms with E-state index in [4.69, 9.17) is 10.5 Å². The van der Waals surface area contributed by atoms with Gasteiger partial charge in [0, 0.05) is 13.1 Å². The van der Waals surface area contributed by atoms with Crippen molar-refractivity contribution in [2.45, 2.75) is 12.7 Å². The van der Waals surface area contributed by atoms with Crippen molar-refractivity contribution in [3.05, 3.63) is 104 Å². The molecule has 0 unspecified atom stereocenters. The third-order valence-electron chi connectivity index (χ3n) is 5.02. The van der Waals surface area contributed by atoms with Crippen molar-refractivity contribution in [3.8, 4) is 0 Å². The molecule has 0 spiro atoms. The molecule has 1 aromatic heterocycles. The highest BCUT2D eigenvalue weighted by Gasteiger charge is 2.30. The van der Waals surface area contributed by atoms with E-state index in [2.05, 4.69) is 0 Å². The summed E-state index contributed by atoms with van der Waals surface area (Å²) in [6.07, 6.45) is -2.60. The topological polar surface area (TPSA) is 113 Å². The molecule has 0 fully saturated rings. The number of halogens is 3. The van der Waals surface area contributed by atoms with Crippen molar-refractivity contribution in [3.63, 3.8) is 0 Å². The van der Waals surface area contributed by atoms with Gasteiger partial charge in [-0.1, -0.05) is 42.5 Å². The SMILES string of the molecule is Cn1c(=O)c(C(=O)COC(=O)C=Cc2cccc(C(F)(F)F)c2)c(N)n(Cc2ccccc2)c1=O. The summed E-state index contributed by atoms with van der Waals surface area (Å²) in [5.41, 5.74) is 3.69. The highest BCUT2D eigenvalue weighted by molar-refractivity contribution is 6.02. The smallest absolute Gasteiger partial charge is 0.416 e. The van der Waals surface area contributed by atoms with E-state index in [0.29, 0.717) is 5.56 Å². The number of Topliss-reactive ketones (excluding diaryl/α,β-unsaturated/α-hetero) is 1. The molecule has 0 saturated heterocycles. The molecule has 2 aromatic carbocycles. The van der Waals surface area contributed by atoms with Crippen LogP contribution in [0.2, 0.25) is 0 Å². The maximum atomic E-state index is 12.8. The molecule has 0 amide bonds. The molecular weight excluding hydrogens is 467 g/mol. The third kappa shape index (κ3) is 5.94.